The van der Waals surface area contributed by atoms with Crippen molar-refractivity contribution in [3.63, 3.8) is 0 Å². The minimum Gasteiger partial charge on any atom is -0.381 e. The summed E-state index contributed by atoms with van der Waals surface area (Å²) in [6.45, 7) is 0.730. The average molecular weight is 363 g/mol. The van der Waals surface area contributed by atoms with Gasteiger partial charge in [0.15, 0.2) is 0 Å². The number of benzene rings is 1. The minimum absolute atomic E-state index is 0.0780. The lowest BCUT2D eigenvalue weighted by Crippen LogP contribution is -2.51. The number of piperidine rings is 1. The standard InChI is InChI=1S/C13H19BrN2O3S/c1-19-11-6-7-16(10(8-11)9-15)20(17,18)13-5-3-2-4-12(13)14/h2-5,10-11H,6-9,15H2,1H3. The number of hydrogen-bond acceptors (Lipinski definition) is 4. The van der Waals surface area contributed by atoms with Crippen LogP contribution < -0.4 is 5.73 Å². The first kappa shape index (κ1) is 15.9. The van der Waals surface area contributed by atoms with E-state index in [2.05, 4.69) is 15.9 Å². The molecule has 1 aliphatic rings. The molecule has 20 heavy (non-hydrogen) atoms. The second-order valence-electron chi connectivity index (χ2n) is 4.82. The third-order valence-corrected chi connectivity index (χ3v) is 6.61. The summed E-state index contributed by atoms with van der Waals surface area (Å²) in [6.07, 6.45) is 1.40. The molecule has 1 aliphatic heterocycles. The zero-order chi connectivity index (χ0) is 14.8. The van der Waals surface area contributed by atoms with Gasteiger partial charge in [0.2, 0.25) is 10.0 Å². The molecule has 0 amide bonds. The largest absolute Gasteiger partial charge is 0.381 e. The fraction of sp³-hybridized carbons (Fsp3) is 0.538. The lowest BCUT2D eigenvalue weighted by atomic mass is 10.0. The van der Waals surface area contributed by atoms with Crippen LogP contribution in [0.4, 0.5) is 0 Å². The van der Waals surface area contributed by atoms with Gasteiger partial charge in [-0.1, -0.05) is 12.1 Å². The molecule has 5 nitrogen and oxygen atoms in total. The van der Waals surface area contributed by atoms with E-state index in [1.54, 1.807) is 31.4 Å². The zero-order valence-electron chi connectivity index (χ0n) is 11.3. The Bertz CT molecular complexity index is 564. The smallest absolute Gasteiger partial charge is 0.244 e. The van der Waals surface area contributed by atoms with Crippen LogP contribution in [0.2, 0.25) is 0 Å². The normalized spacial score (nSPS) is 24.8. The number of ether oxygens (including phenoxy) is 1. The van der Waals surface area contributed by atoms with E-state index in [1.165, 1.54) is 4.31 Å². The molecular formula is C13H19BrN2O3S. The maximum Gasteiger partial charge on any atom is 0.244 e. The van der Waals surface area contributed by atoms with E-state index in [9.17, 15) is 8.42 Å². The van der Waals surface area contributed by atoms with Gasteiger partial charge in [-0.2, -0.15) is 4.31 Å². The molecule has 0 aromatic heterocycles. The molecule has 0 radical (unpaired) electrons. The average Bonchev–Trinajstić information content (AvgIpc) is 2.46. The van der Waals surface area contributed by atoms with E-state index in [1.807, 2.05) is 0 Å². The Hall–Kier alpha value is -0.470. The highest BCUT2D eigenvalue weighted by Crippen LogP contribution is 2.30. The summed E-state index contributed by atoms with van der Waals surface area (Å²) >= 11 is 3.30. The molecule has 1 heterocycles. The Morgan fingerprint density at radius 2 is 2.15 bits per heavy atom. The van der Waals surface area contributed by atoms with Crippen LogP contribution in [0.3, 0.4) is 0 Å². The Labute approximate surface area is 128 Å². The molecule has 1 aromatic carbocycles. The summed E-state index contributed by atoms with van der Waals surface area (Å²) in [7, 11) is -1.89. The summed E-state index contributed by atoms with van der Waals surface area (Å²) < 4.78 is 32.9. The van der Waals surface area contributed by atoms with Gasteiger partial charge in [-0.25, -0.2) is 8.42 Å². The number of halogens is 1. The van der Waals surface area contributed by atoms with E-state index in [0.29, 0.717) is 30.4 Å². The van der Waals surface area contributed by atoms with Gasteiger partial charge in [-0.15, -0.1) is 0 Å². The summed E-state index contributed by atoms with van der Waals surface area (Å²) in [4.78, 5) is 0.286. The van der Waals surface area contributed by atoms with Gasteiger partial charge in [-0.3, -0.25) is 0 Å². The van der Waals surface area contributed by atoms with E-state index >= 15 is 0 Å². The van der Waals surface area contributed by atoms with Crippen molar-refractivity contribution in [2.24, 2.45) is 5.73 Å². The van der Waals surface area contributed by atoms with Gasteiger partial charge < -0.3 is 10.5 Å². The van der Waals surface area contributed by atoms with Gasteiger partial charge in [0.25, 0.3) is 0 Å². The molecule has 0 bridgehead atoms. The molecule has 2 rings (SSSR count). The van der Waals surface area contributed by atoms with Crippen LogP contribution in [0.1, 0.15) is 12.8 Å². The van der Waals surface area contributed by atoms with Crippen LogP contribution in [0, 0.1) is 0 Å². The Balaban J connectivity index is 2.32. The molecule has 2 atom stereocenters. The summed E-state index contributed by atoms with van der Waals surface area (Å²) in [5.41, 5.74) is 5.75. The van der Waals surface area contributed by atoms with Crippen molar-refractivity contribution < 1.29 is 13.2 Å². The molecular weight excluding hydrogens is 344 g/mol. The molecule has 1 aromatic rings. The molecule has 2 unspecified atom stereocenters. The predicted octanol–water partition coefficient (Wildman–Crippen LogP) is 1.58. The topological polar surface area (TPSA) is 72.6 Å². The molecule has 0 saturated carbocycles. The van der Waals surface area contributed by atoms with Gasteiger partial charge in [0.05, 0.1) is 11.0 Å². The number of nitrogens with two attached hydrogens (primary N) is 1. The first-order valence-corrected chi connectivity index (χ1v) is 8.73. The highest BCUT2D eigenvalue weighted by atomic mass is 79.9. The van der Waals surface area contributed by atoms with Crippen LogP contribution in [0.5, 0.6) is 0 Å². The number of methoxy groups -OCH3 is 1. The van der Waals surface area contributed by atoms with Crippen LogP contribution in [-0.4, -0.2) is 45.1 Å². The first-order chi connectivity index (χ1) is 9.50. The van der Waals surface area contributed by atoms with Crippen molar-refractivity contribution in [2.75, 3.05) is 20.2 Å². The second-order valence-corrected chi connectivity index (χ2v) is 7.53. The summed E-state index contributed by atoms with van der Waals surface area (Å²) in [6, 6.07) is 6.63. The van der Waals surface area contributed by atoms with Gasteiger partial charge in [0, 0.05) is 30.7 Å². The number of rotatable bonds is 4. The highest BCUT2D eigenvalue weighted by molar-refractivity contribution is 9.10. The highest BCUT2D eigenvalue weighted by Gasteiger charge is 2.36. The second kappa shape index (κ2) is 6.53. The van der Waals surface area contributed by atoms with Gasteiger partial charge in [0.1, 0.15) is 0 Å². The molecule has 0 aliphatic carbocycles. The lowest BCUT2D eigenvalue weighted by molar-refractivity contribution is 0.0401. The zero-order valence-corrected chi connectivity index (χ0v) is 13.7. The fourth-order valence-corrected chi connectivity index (χ4v) is 5.14. The monoisotopic (exact) mass is 362 g/mol. The summed E-state index contributed by atoms with van der Waals surface area (Å²) in [5.74, 6) is 0. The maximum absolute atomic E-state index is 12.8. The number of sulfonamides is 1. The van der Waals surface area contributed by atoms with Crippen molar-refractivity contribution in [3.8, 4) is 0 Å². The molecule has 1 saturated heterocycles. The molecule has 112 valence electrons. The van der Waals surface area contributed by atoms with Crippen molar-refractivity contribution >= 4 is 26.0 Å². The number of nitrogens with zero attached hydrogens (tertiary/aromatic N) is 1. The quantitative estimate of drug-likeness (QED) is 0.882. The van der Waals surface area contributed by atoms with Crippen molar-refractivity contribution in [1.82, 2.24) is 4.31 Å². The Morgan fingerprint density at radius 3 is 2.75 bits per heavy atom. The van der Waals surface area contributed by atoms with E-state index in [0.717, 1.165) is 0 Å². The molecule has 7 heteroatoms. The van der Waals surface area contributed by atoms with E-state index in [4.69, 9.17) is 10.5 Å². The van der Waals surface area contributed by atoms with Crippen LogP contribution >= 0.6 is 15.9 Å². The predicted molar refractivity (Wildman–Crippen MR) is 80.9 cm³/mol. The fourth-order valence-electron chi connectivity index (χ4n) is 2.52. The van der Waals surface area contributed by atoms with Crippen molar-refractivity contribution in [2.45, 2.75) is 29.9 Å². The van der Waals surface area contributed by atoms with Crippen molar-refractivity contribution in [1.29, 1.82) is 0 Å². The SMILES string of the molecule is COC1CCN(S(=O)(=O)c2ccccc2Br)C(CN)C1. The Morgan fingerprint density at radius 1 is 1.45 bits per heavy atom. The maximum atomic E-state index is 12.8. The van der Waals surface area contributed by atoms with Crippen molar-refractivity contribution in [3.05, 3.63) is 28.7 Å². The third kappa shape index (κ3) is 3.07. The third-order valence-electron chi connectivity index (χ3n) is 3.64. The summed E-state index contributed by atoms with van der Waals surface area (Å²) in [5, 5.41) is 0. The molecule has 0 spiro atoms. The van der Waals surface area contributed by atoms with Crippen LogP contribution in [0.25, 0.3) is 0 Å². The number of hydrogen-bond donors (Lipinski definition) is 1. The van der Waals surface area contributed by atoms with Crippen LogP contribution in [-0.2, 0) is 14.8 Å². The molecule has 1 fully saturated rings. The minimum atomic E-state index is -3.53. The molecule has 2 N–H and O–H groups in total. The Kier molecular flexibility index (Phi) is 5.19. The lowest BCUT2D eigenvalue weighted by Gasteiger charge is -2.37. The van der Waals surface area contributed by atoms with E-state index < -0.39 is 10.0 Å². The first-order valence-electron chi connectivity index (χ1n) is 6.50. The van der Waals surface area contributed by atoms with E-state index in [-0.39, 0.29) is 17.0 Å². The van der Waals surface area contributed by atoms with Gasteiger partial charge >= 0.3 is 0 Å². The van der Waals surface area contributed by atoms with Crippen LogP contribution in [0.15, 0.2) is 33.6 Å². The van der Waals surface area contributed by atoms with Gasteiger partial charge in [-0.05, 0) is 40.9 Å².